The van der Waals surface area contributed by atoms with Crippen molar-refractivity contribution < 1.29 is 46.9 Å². The van der Waals surface area contributed by atoms with E-state index in [0.29, 0.717) is 17.4 Å². The molecule has 3 atom stereocenters. The lowest BCUT2D eigenvalue weighted by Gasteiger charge is -2.27. The van der Waals surface area contributed by atoms with Crippen molar-refractivity contribution in [3.05, 3.63) is 89.2 Å². The van der Waals surface area contributed by atoms with Gasteiger partial charge in [0.25, 0.3) is 5.91 Å². The molecule has 12 heteroatoms. The molecule has 1 aromatic heterocycles. The van der Waals surface area contributed by atoms with Crippen molar-refractivity contribution in [3.8, 4) is 11.5 Å². The highest BCUT2D eigenvalue weighted by molar-refractivity contribution is 5.97. The monoisotopic (exact) mass is 598 g/mol. The van der Waals surface area contributed by atoms with Gasteiger partial charge in [0, 0.05) is 18.2 Å². The lowest BCUT2D eigenvalue weighted by atomic mass is 10.0. The van der Waals surface area contributed by atoms with Gasteiger partial charge in [0.2, 0.25) is 6.79 Å². The third-order valence-corrected chi connectivity index (χ3v) is 6.09. The SMILES string of the molecule is CC(C)C(=O)OCOc1c(CC=O)ccnc1C(=O)N[C@@H](C)C(=O)OC(C)C(Oc1ccc(F)cc1)c1ccc(F)cc1. The predicted octanol–water partition coefficient (Wildman–Crippen LogP) is 4.51. The Bertz CT molecular complexity index is 1410. The summed E-state index contributed by atoms with van der Waals surface area (Å²) in [5.74, 6) is -3.31. The predicted molar refractivity (Wildman–Crippen MR) is 149 cm³/mol. The summed E-state index contributed by atoms with van der Waals surface area (Å²) in [6.45, 7) is 5.70. The van der Waals surface area contributed by atoms with Gasteiger partial charge in [0.05, 0.1) is 5.92 Å². The Morgan fingerprint density at radius 2 is 1.53 bits per heavy atom. The molecule has 0 saturated heterocycles. The van der Waals surface area contributed by atoms with E-state index >= 15 is 0 Å². The van der Waals surface area contributed by atoms with E-state index in [1.807, 2.05) is 0 Å². The van der Waals surface area contributed by atoms with Gasteiger partial charge in [-0.3, -0.25) is 9.59 Å². The zero-order valence-corrected chi connectivity index (χ0v) is 24.0. The van der Waals surface area contributed by atoms with Crippen molar-refractivity contribution in [2.75, 3.05) is 6.79 Å². The number of rotatable bonds is 14. The average molecular weight is 599 g/mol. The first-order valence-corrected chi connectivity index (χ1v) is 13.4. The largest absolute Gasteiger partial charge is 0.482 e. The third-order valence-electron chi connectivity index (χ3n) is 6.09. The van der Waals surface area contributed by atoms with Gasteiger partial charge in [-0.15, -0.1) is 0 Å². The highest BCUT2D eigenvalue weighted by Crippen LogP contribution is 2.28. The van der Waals surface area contributed by atoms with Gasteiger partial charge < -0.3 is 29.1 Å². The Morgan fingerprint density at radius 1 is 0.907 bits per heavy atom. The first kappa shape index (κ1) is 32.6. The molecular formula is C31H32F2N2O8. The number of benzene rings is 2. The second kappa shape index (κ2) is 15.4. The molecule has 0 fully saturated rings. The molecule has 10 nitrogen and oxygen atoms in total. The molecule has 0 aliphatic rings. The van der Waals surface area contributed by atoms with E-state index < -0.39 is 60.4 Å². The standard InChI is InChI=1S/C31H32F2N2O8/c1-18(2)30(38)41-17-40-28-22(14-16-36)13-15-34-26(28)29(37)35-19(3)31(39)42-20(4)27(21-5-7-23(32)8-6-21)43-25-11-9-24(33)10-12-25/h5-13,15-16,18-20,27H,14,17H2,1-4H3,(H,35,37)/t19-,20?,27?/m0/s1. The van der Waals surface area contributed by atoms with Gasteiger partial charge in [0.1, 0.15) is 35.8 Å². The Balaban J connectivity index is 1.73. The van der Waals surface area contributed by atoms with Crippen molar-refractivity contribution in [1.29, 1.82) is 0 Å². The number of carbonyl (C=O) groups excluding carboxylic acids is 4. The smallest absolute Gasteiger partial charge is 0.328 e. The van der Waals surface area contributed by atoms with Crippen LogP contribution >= 0.6 is 0 Å². The summed E-state index contributed by atoms with van der Waals surface area (Å²) in [7, 11) is 0. The van der Waals surface area contributed by atoms with Gasteiger partial charge >= 0.3 is 11.9 Å². The van der Waals surface area contributed by atoms with Crippen LogP contribution in [0.25, 0.3) is 0 Å². The van der Waals surface area contributed by atoms with Crippen LogP contribution in [0.15, 0.2) is 60.8 Å². The minimum Gasteiger partial charge on any atom is -0.482 e. The molecule has 3 rings (SSSR count). The summed E-state index contributed by atoms with van der Waals surface area (Å²) in [6.07, 6.45) is -0.0494. The lowest BCUT2D eigenvalue weighted by Crippen LogP contribution is -2.42. The second-order valence-corrected chi connectivity index (χ2v) is 9.78. The molecule has 0 bridgehead atoms. The summed E-state index contributed by atoms with van der Waals surface area (Å²) in [4.78, 5) is 53.2. The number of nitrogens with zero attached hydrogens (tertiary/aromatic N) is 1. The van der Waals surface area contributed by atoms with Gasteiger partial charge in [-0.25, -0.2) is 18.6 Å². The van der Waals surface area contributed by atoms with Crippen molar-refractivity contribution in [2.24, 2.45) is 5.92 Å². The molecule has 0 spiro atoms. The summed E-state index contributed by atoms with van der Waals surface area (Å²) >= 11 is 0. The molecule has 228 valence electrons. The molecule has 2 aromatic carbocycles. The average Bonchev–Trinajstić information content (AvgIpc) is 2.97. The summed E-state index contributed by atoms with van der Waals surface area (Å²) in [6, 6.07) is 10.9. The Kier molecular flexibility index (Phi) is 11.7. The molecule has 1 amide bonds. The topological polar surface area (TPSA) is 130 Å². The number of esters is 2. The van der Waals surface area contributed by atoms with Crippen LogP contribution in [0.2, 0.25) is 0 Å². The summed E-state index contributed by atoms with van der Waals surface area (Å²) < 4.78 is 49.1. The number of halogens is 2. The number of pyridine rings is 1. The van der Waals surface area contributed by atoms with Crippen LogP contribution in [0.3, 0.4) is 0 Å². The highest BCUT2D eigenvalue weighted by Gasteiger charge is 2.29. The maximum absolute atomic E-state index is 13.6. The van der Waals surface area contributed by atoms with Crippen LogP contribution in [0.5, 0.6) is 11.5 Å². The van der Waals surface area contributed by atoms with Crippen LogP contribution in [0, 0.1) is 17.6 Å². The fraction of sp³-hybridized carbons (Fsp3) is 0.323. The maximum Gasteiger partial charge on any atom is 0.328 e. The quantitative estimate of drug-likeness (QED) is 0.162. The maximum atomic E-state index is 13.6. The zero-order chi connectivity index (χ0) is 31.5. The van der Waals surface area contributed by atoms with Crippen LogP contribution in [-0.2, 0) is 30.3 Å². The molecular weight excluding hydrogens is 566 g/mol. The fourth-order valence-corrected chi connectivity index (χ4v) is 3.79. The summed E-state index contributed by atoms with van der Waals surface area (Å²) in [5, 5.41) is 2.49. The normalized spacial score (nSPS) is 12.9. The van der Waals surface area contributed by atoms with Crippen LogP contribution in [-0.4, -0.2) is 48.1 Å². The number of hydrogen-bond acceptors (Lipinski definition) is 9. The Morgan fingerprint density at radius 3 is 2.14 bits per heavy atom. The van der Waals surface area contributed by atoms with Gasteiger partial charge in [-0.2, -0.15) is 0 Å². The fourth-order valence-electron chi connectivity index (χ4n) is 3.79. The van der Waals surface area contributed by atoms with E-state index in [4.69, 9.17) is 18.9 Å². The Labute approximate surface area is 247 Å². The minimum atomic E-state index is -1.18. The molecule has 43 heavy (non-hydrogen) atoms. The molecule has 2 unspecified atom stereocenters. The highest BCUT2D eigenvalue weighted by atomic mass is 19.1. The number of amides is 1. The van der Waals surface area contributed by atoms with E-state index in [2.05, 4.69) is 10.3 Å². The van der Waals surface area contributed by atoms with Crippen molar-refractivity contribution in [1.82, 2.24) is 10.3 Å². The van der Waals surface area contributed by atoms with E-state index in [1.54, 1.807) is 20.8 Å². The number of hydrogen-bond donors (Lipinski definition) is 1. The van der Waals surface area contributed by atoms with Crippen molar-refractivity contribution >= 4 is 24.1 Å². The van der Waals surface area contributed by atoms with Gasteiger partial charge in [0.15, 0.2) is 17.5 Å². The molecule has 1 heterocycles. The van der Waals surface area contributed by atoms with E-state index in [0.717, 1.165) is 0 Å². The molecule has 0 saturated carbocycles. The summed E-state index contributed by atoms with van der Waals surface area (Å²) in [5.41, 5.74) is 0.565. The van der Waals surface area contributed by atoms with E-state index in [9.17, 15) is 28.0 Å². The molecule has 3 aromatic rings. The number of aldehydes is 1. The van der Waals surface area contributed by atoms with Crippen molar-refractivity contribution in [2.45, 2.75) is 52.4 Å². The number of aromatic nitrogens is 1. The number of ether oxygens (including phenoxy) is 4. The second-order valence-electron chi connectivity index (χ2n) is 9.78. The van der Waals surface area contributed by atoms with E-state index in [-0.39, 0.29) is 23.6 Å². The first-order valence-electron chi connectivity index (χ1n) is 13.4. The lowest BCUT2D eigenvalue weighted by molar-refractivity contribution is -0.155. The Hall–Kier alpha value is -4.87. The number of carbonyl (C=O) groups is 4. The van der Waals surface area contributed by atoms with Gasteiger partial charge in [-0.1, -0.05) is 26.0 Å². The molecule has 0 radical (unpaired) electrons. The first-order chi connectivity index (χ1) is 20.5. The van der Waals surface area contributed by atoms with Crippen molar-refractivity contribution in [3.63, 3.8) is 0 Å². The van der Waals surface area contributed by atoms with Crippen LogP contribution < -0.4 is 14.8 Å². The van der Waals surface area contributed by atoms with Gasteiger partial charge in [-0.05, 0) is 61.9 Å². The third kappa shape index (κ3) is 9.32. The molecule has 1 N–H and O–H groups in total. The van der Waals surface area contributed by atoms with Crippen LogP contribution in [0.1, 0.15) is 55.4 Å². The molecule has 0 aliphatic heterocycles. The minimum absolute atomic E-state index is 0.0818. The van der Waals surface area contributed by atoms with Crippen LogP contribution in [0.4, 0.5) is 8.78 Å². The van der Waals surface area contributed by atoms with E-state index in [1.165, 1.54) is 67.7 Å². The molecule has 0 aliphatic carbocycles. The number of nitrogens with one attached hydrogen (secondary N) is 1. The zero-order valence-electron chi connectivity index (χ0n) is 24.0.